The van der Waals surface area contributed by atoms with Crippen molar-refractivity contribution in [2.45, 2.75) is 51.2 Å². The first-order valence-electron chi connectivity index (χ1n) is 12.3. The van der Waals surface area contributed by atoms with Gasteiger partial charge >= 0.3 is 12.2 Å². The fraction of sp³-hybridized carbons (Fsp3) is 0.296. The lowest BCUT2D eigenvalue weighted by atomic mass is 10.1. The number of carbonyl (C=O) groups excluding carboxylic acids is 1. The van der Waals surface area contributed by atoms with E-state index in [9.17, 15) is 23.1 Å². The number of alkyl halides is 3. The average Bonchev–Trinajstić information content (AvgIpc) is 3.63. The van der Waals surface area contributed by atoms with Gasteiger partial charge in [-0.05, 0) is 78.2 Å². The maximum atomic E-state index is 13.5. The molecule has 0 bridgehead atoms. The number of aliphatic hydroxyl groups excluding tert-OH is 1. The van der Waals surface area contributed by atoms with Crippen LogP contribution in [0.4, 0.5) is 23.7 Å². The number of halogens is 4. The SMILES string of the molecule is CC1=C(c2ccn(-c3ccc(C#N)cc3Br)n2)N(C(=O)NC2CCCC2)C(O)N1c1cccc(C(F)(F)F)c1. The number of urea groups is 1. The van der Waals surface area contributed by atoms with Crippen molar-refractivity contribution in [1.29, 1.82) is 5.26 Å². The second-order valence-electron chi connectivity index (χ2n) is 9.42. The zero-order chi connectivity index (χ0) is 27.9. The van der Waals surface area contributed by atoms with Gasteiger partial charge in [-0.3, -0.25) is 4.90 Å². The number of aromatic nitrogens is 2. The van der Waals surface area contributed by atoms with Gasteiger partial charge in [0.2, 0.25) is 6.35 Å². The van der Waals surface area contributed by atoms with E-state index >= 15 is 0 Å². The number of nitrogens with one attached hydrogen (secondary N) is 1. The molecule has 3 aromatic rings. The molecule has 1 fully saturated rings. The Morgan fingerprint density at radius 2 is 1.92 bits per heavy atom. The molecular formula is C27H24BrF3N6O2. The first-order chi connectivity index (χ1) is 18.6. The molecule has 0 saturated heterocycles. The Morgan fingerprint density at radius 3 is 2.59 bits per heavy atom. The molecule has 1 aliphatic carbocycles. The van der Waals surface area contributed by atoms with Crippen molar-refractivity contribution in [3.05, 3.63) is 81.7 Å². The van der Waals surface area contributed by atoms with E-state index in [0.717, 1.165) is 42.7 Å². The van der Waals surface area contributed by atoms with Crippen molar-refractivity contribution in [3.63, 3.8) is 0 Å². The van der Waals surface area contributed by atoms with Crippen molar-refractivity contribution in [1.82, 2.24) is 20.0 Å². The zero-order valence-corrected chi connectivity index (χ0v) is 22.4. The summed E-state index contributed by atoms with van der Waals surface area (Å²) in [5, 5.41) is 28.1. The molecule has 1 aromatic heterocycles. The zero-order valence-electron chi connectivity index (χ0n) is 20.8. The van der Waals surface area contributed by atoms with Crippen LogP contribution in [0.25, 0.3) is 11.4 Å². The third kappa shape index (κ3) is 5.12. The van der Waals surface area contributed by atoms with Crippen LogP contribution >= 0.6 is 15.9 Å². The number of carbonyl (C=O) groups is 1. The summed E-state index contributed by atoms with van der Waals surface area (Å²) in [6.45, 7) is 1.62. The Morgan fingerprint density at radius 1 is 1.18 bits per heavy atom. The highest BCUT2D eigenvalue weighted by molar-refractivity contribution is 9.10. The summed E-state index contributed by atoms with van der Waals surface area (Å²) in [5.74, 6) is 0. The van der Waals surface area contributed by atoms with Crippen LogP contribution in [-0.4, -0.2) is 38.2 Å². The standard InChI is InChI=1S/C27H24BrF3N6O2/c1-16-24(22-11-12-35(34-22)23-10-9-17(15-32)13-21(23)28)37(25(38)33-19-6-2-3-7-19)26(39)36(16)20-8-4-5-18(14-20)27(29,30)31/h4-5,8-14,19,26,39H,2-3,6-7H2,1H3,(H,33,38). The van der Waals surface area contributed by atoms with Gasteiger partial charge in [0.1, 0.15) is 5.69 Å². The lowest BCUT2D eigenvalue weighted by molar-refractivity contribution is -0.137. The van der Waals surface area contributed by atoms with Crippen LogP contribution < -0.4 is 10.2 Å². The van der Waals surface area contributed by atoms with Crippen LogP contribution in [0, 0.1) is 11.3 Å². The van der Waals surface area contributed by atoms with Crippen LogP contribution in [0.15, 0.2) is 64.9 Å². The fourth-order valence-corrected chi connectivity index (χ4v) is 5.59. The van der Waals surface area contributed by atoms with Crippen molar-refractivity contribution in [3.8, 4) is 11.8 Å². The summed E-state index contributed by atoms with van der Waals surface area (Å²) in [5.41, 5.74) is 1.25. The van der Waals surface area contributed by atoms with Crippen molar-refractivity contribution in [2.24, 2.45) is 0 Å². The van der Waals surface area contributed by atoms with Gasteiger partial charge in [-0.15, -0.1) is 0 Å². The minimum absolute atomic E-state index is 0.0546. The monoisotopic (exact) mass is 600 g/mol. The Kier molecular flexibility index (Phi) is 7.13. The molecule has 2 aliphatic rings. The molecule has 12 heteroatoms. The van der Waals surface area contributed by atoms with Gasteiger partial charge in [0, 0.05) is 28.1 Å². The molecule has 2 aromatic carbocycles. The van der Waals surface area contributed by atoms with Crippen molar-refractivity contribution in [2.75, 3.05) is 4.90 Å². The Balaban J connectivity index is 1.57. The molecule has 202 valence electrons. The maximum Gasteiger partial charge on any atom is 0.416 e. The van der Waals surface area contributed by atoms with E-state index in [1.165, 1.54) is 17.0 Å². The van der Waals surface area contributed by atoms with Crippen molar-refractivity contribution >= 4 is 33.3 Å². The number of anilines is 1. The summed E-state index contributed by atoms with van der Waals surface area (Å²) in [6, 6.07) is 12.7. The number of aliphatic hydroxyl groups is 1. The minimum Gasteiger partial charge on any atom is -0.356 e. The quantitative estimate of drug-likeness (QED) is 0.385. The number of allylic oxidation sites excluding steroid dienone is 1. The minimum atomic E-state index is -4.58. The molecule has 2 amide bonds. The van der Waals surface area contributed by atoms with E-state index in [1.54, 1.807) is 42.1 Å². The number of hydrogen-bond acceptors (Lipinski definition) is 5. The Bertz CT molecular complexity index is 1490. The predicted octanol–water partition coefficient (Wildman–Crippen LogP) is 5.96. The molecule has 5 rings (SSSR count). The van der Waals surface area contributed by atoms with Gasteiger partial charge < -0.3 is 10.4 Å². The smallest absolute Gasteiger partial charge is 0.356 e. The molecule has 8 nitrogen and oxygen atoms in total. The number of benzene rings is 2. The van der Waals surface area contributed by atoms with Gasteiger partial charge in [0.15, 0.2) is 0 Å². The average molecular weight is 601 g/mol. The third-order valence-corrected chi connectivity index (χ3v) is 7.55. The van der Waals surface area contributed by atoms with Gasteiger partial charge in [-0.1, -0.05) is 18.9 Å². The molecule has 1 aliphatic heterocycles. The number of amides is 2. The maximum absolute atomic E-state index is 13.5. The normalized spacial score (nSPS) is 18.1. The number of rotatable bonds is 4. The summed E-state index contributed by atoms with van der Waals surface area (Å²) in [7, 11) is 0. The second-order valence-corrected chi connectivity index (χ2v) is 10.3. The molecule has 1 unspecified atom stereocenters. The molecule has 0 radical (unpaired) electrons. The Hall–Kier alpha value is -3.82. The molecular weight excluding hydrogens is 577 g/mol. The summed E-state index contributed by atoms with van der Waals surface area (Å²) >= 11 is 3.45. The molecule has 2 N–H and O–H groups in total. The van der Waals surface area contributed by atoms with E-state index < -0.39 is 24.1 Å². The van der Waals surface area contributed by atoms with Crippen molar-refractivity contribution < 1.29 is 23.1 Å². The lowest BCUT2D eigenvalue weighted by Gasteiger charge is -2.30. The van der Waals surface area contributed by atoms with E-state index in [0.29, 0.717) is 27.1 Å². The van der Waals surface area contributed by atoms with Crippen LogP contribution in [0.5, 0.6) is 0 Å². The summed E-state index contributed by atoms with van der Waals surface area (Å²) in [6.07, 6.45) is -0.928. The predicted molar refractivity (Wildman–Crippen MR) is 141 cm³/mol. The molecule has 1 saturated carbocycles. The number of nitriles is 1. The van der Waals surface area contributed by atoms with Crippen LogP contribution in [0.1, 0.15) is 49.4 Å². The highest BCUT2D eigenvalue weighted by Gasteiger charge is 2.42. The number of hydrogen-bond donors (Lipinski definition) is 2. The van der Waals surface area contributed by atoms with Gasteiger partial charge in [-0.2, -0.15) is 23.5 Å². The van der Waals surface area contributed by atoms with Crippen LogP contribution in [0.2, 0.25) is 0 Å². The van der Waals surface area contributed by atoms with E-state index in [4.69, 9.17) is 5.26 Å². The topological polar surface area (TPSA) is 97.4 Å². The largest absolute Gasteiger partial charge is 0.416 e. The van der Waals surface area contributed by atoms with Gasteiger partial charge in [-0.25, -0.2) is 14.4 Å². The fourth-order valence-electron chi connectivity index (χ4n) is 5.03. The molecule has 0 spiro atoms. The molecule has 39 heavy (non-hydrogen) atoms. The first-order valence-corrected chi connectivity index (χ1v) is 13.1. The first kappa shape index (κ1) is 26.8. The summed E-state index contributed by atoms with van der Waals surface area (Å²) in [4.78, 5) is 15.9. The molecule has 2 heterocycles. The number of nitrogens with zero attached hydrogens (tertiary/aromatic N) is 5. The highest BCUT2D eigenvalue weighted by atomic mass is 79.9. The van der Waals surface area contributed by atoms with E-state index in [-0.39, 0.29) is 17.4 Å². The second kappa shape index (κ2) is 10.4. The van der Waals surface area contributed by atoms with Gasteiger partial charge in [0.05, 0.1) is 28.6 Å². The third-order valence-electron chi connectivity index (χ3n) is 6.92. The van der Waals surface area contributed by atoms with Crippen LogP contribution in [0.3, 0.4) is 0 Å². The van der Waals surface area contributed by atoms with Crippen LogP contribution in [-0.2, 0) is 6.18 Å². The Labute approximate surface area is 231 Å². The lowest BCUT2D eigenvalue weighted by Crippen LogP contribution is -2.49. The van der Waals surface area contributed by atoms with Gasteiger partial charge in [0.25, 0.3) is 0 Å². The van der Waals surface area contributed by atoms with E-state index in [2.05, 4.69) is 32.4 Å². The highest BCUT2D eigenvalue weighted by Crippen LogP contribution is 2.40. The summed E-state index contributed by atoms with van der Waals surface area (Å²) < 4.78 is 42.6. The molecule has 1 atom stereocenters. The van der Waals surface area contributed by atoms with E-state index in [1.807, 2.05) is 0 Å².